The van der Waals surface area contributed by atoms with Gasteiger partial charge in [0.2, 0.25) is 27.6 Å². The fourth-order valence-electron chi connectivity index (χ4n) is 3.77. The van der Waals surface area contributed by atoms with E-state index in [0.29, 0.717) is 30.6 Å². The number of carbonyl (C=O) groups is 2. The Kier molecular flexibility index (Phi) is 7.51. The topological polar surface area (TPSA) is 145 Å². The van der Waals surface area contributed by atoms with Gasteiger partial charge in [0.05, 0.1) is 18.4 Å². The summed E-state index contributed by atoms with van der Waals surface area (Å²) in [4.78, 5) is 34.7. The Balaban J connectivity index is 1.42. The van der Waals surface area contributed by atoms with Crippen molar-refractivity contribution in [3.63, 3.8) is 0 Å². The van der Waals surface area contributed by atoms with Crippen LogP contribution in [-0.2, 0) is 31.9 Å². The van der Waals surface area contributed by atoms with Crippen molar-refractivity contribution in [1.82, 2.24) is 24.7 Å². The van der Waals surface area contributed by atoms with Crippen LogP contribution in [-0.4, -0.2) is 60.0 Å². The molecule has 35 heavy (non-hydrogen) atoms. The molecule has 1 atom stereocenters. The van der Waals surface area contributed by atoms with Crippen molar-refractivity contribution in [2.45, 2.75) is 37.6 Å². The smallest absolute Gasteiger partial charge is 0.339 e. The Morgan fingerprint density at radius 1 is 1.20 bits per heavy atom. The molecule has 2 aromatic heterocycles. The number of likely N-dealkylation sites (tertiary alicyclic amines) is 1. The lowest BCUT2D eigenvalue weighted by Gasteiger charge is -2.23. The van der Waals surface area contributed by atoms with Gasteiger partial charge in [0.15, 0.2) is 0 Å². The Labute approximate surface area is 202 Å². The number of hydrogen-bond acceptors (Lipinski definition) is 9. The van der Waals surface area contributed by atoms with Gasteiger partial charge in [-0.3, -0.25) is 9.78 Å². The maximum Gasteiger partial charge on any atom is 0.339 e. The van der Waals surface area contributed by atoms with Crippen LogP contribution < -0.4 is 4.72 Å². The van der Waals surface area contributed by atoms with Gasteiger partial charge in [0.1, 0.15) is 18.3 Å². The van der Waals surface area contributed by atoms with E-state index in [0.717, 1.165) is 6.42 Å². The van der Waals surface area contributed by atoms with E-state index >= 15 is 0 Å². The summed E-state index contributed by atoms with van der Waals surface area (Å²) in [5.74, 6) is -0.642. The van der Waals surface area contributed by atoms with Crippen molar-refractivity contribution in [3.8, 4) is 11.5 Å². The van der Waals surface area contributed by atoms with Crippen molar-refractivity contribution in [3.05, 3.63) is 65.7 Å². The number of nitrogens with zero attached hydrogens (tertiary/aromatic N) is 4. The van der Waals surface area contributed by atoms with Gasteiger partial charge >= 0.3 is 5.97 Å². The summed E-state index contributed by atoms with van der Waals surface area (Å²) in [5, 5.41) is 3.91. The van der Waals surface area contributed by atoms with Crippen LogP contribution in [0.25, 0.3) is 11.5 Å². The van der Waals surface area contributed by atoms with E-state index in [9.17, 15) is 18.0 Å². The first-order valence-corrected chi connectivity index (χ1v) is 12.7. The van der Waals surface area contributed by atoms with E-state index in [2.05, 4.69) is 24.6 Å². The molecule has 12 heteroatoms. The molecule has 0 unspecified atom stereocenters. The van der Waals surface area contributed by atoms with Crippen LogP contribution in [0, 0.1) is 0 Å². The number of benzene rings is 1. The van der Waals surface area contributed by atoms with Crippen LogP contribution in [0.5, 0.6) is 0 Å². The summed E-state index contributed by atoms with van der Waals surface area (Å²) in [6.45, 7) is 0.489. The lowest BCUT2D eigenvalue weighted by Crippen LogP contribution is -2.47. The van der Waals surface area contributed by atoms with Gasteiger partial charge in [0, 0.05) is 12.7 Å². The number of rotatable bonds is 8. The van der Waals surface area contributed by atoms with Crippen LogP contribution in [0.2, 0.25) is 0 Å². The minimum Gasteiger partial charge on any atom is -0.465 e. The highest BCUT2D eigenvalue weighted by atomic mass is 32.2. The maximum absolute atomic E-state index is 13.1. The van der Waals surface area contributed by atoms with E-state index < -0.39 is 22.0 Å². The minimum absolute atomic E-state index is 0.0446. The summed E-state index contributed by atoms with van der Waals surface area (Å²) in [5.41, 5.74) is 1.32. The highest BCUT2D eigenvalue weighted by Crippen LogP contribution is 2.19. The number of methoxy groups -OCH3 is 1. The normalized spacial score (nSPS) is 16.7. The Morgan fingerprint density at radius 3 is 2.71 bits per heavy atom. The summed E-state index contributed by atoms with van der Waals surface area (Å²) in [7, 11) is -2.43. The van der Waals surface area contributed by atoms with E-state index in [1.807, 2.05) is 6.07 Å². The Bertz CT molecular complexity index is 1280. The molecule has 1 aromatic carbocycles. The van der Waals surface area contributed by atoms with Crippen LogP contribution in [0.4, 0.5) is 0 Å². The number of amides is 1. The molecule has 0 bridgehead atoms. The third-order valence-corrected chi connectivity index (χ3v) is 6.87. The van der Waals surface area contributed by atoms with Crippen LogP contribution in [0.1, 0.15) is 41.1 Å². The van der Waals surface area contributed by atoms with E-state index in [-0.39, 0.29) is 35.5 Å². The number of aromatic nitrogens is 3. The molecule has 1 amide bonds. The summed E-state index contributed by atoms with van der Waals surface area (Å²) < 4.78 is 37.9. The predicted octanol–water partition coefficient (Wildman–Crippen LogP) is 1.92. The molecule has 1 fully saturated rings. The molecule has 0 aliphatic carbocycles. The highest BCUT2D eigenvalue weighted by Gasteiger charge is 2.31. The predicted molar refractivity (Wildman–Crippen MR) is 124 cm³/mol. The van der Waals surface area contributed by atoms with Crippen LogP contribution in [0.3, 0.4) is 0 Å². The van der Waals surface area contributed by atoms with E-state index in [1.54, 1.807) is 30.3 Å². The van der Waals surface area contributed by atoms with Crippen molar-refractivity contribution >= 4 is 21.9 Å². The lowest BCUT2D eigenvalue weighted by atomic mass is 10.1. The Hall–Kier alpha value is -3.64. The van der Waals surface area contributed by atoms with Gasteiger partial charge in [-0.05, 0) is 37.0 Å². The zero-order chi connectivity index (χ0) is 24.8. The van der Waals surface area contributed by atoms with Gasteiger partial charge in [-0.2, -0.15) is 4.98 Å². The number of sulfonamides is 1. The van der Waals surface area contributed by atoms with Crippen molar-refractivity contribution in [2.75, 3.05) is 13.7 Å². The molecule has 0 spiro atoms. The second-order valence-electron chi connectivity index (χ2n) is 8.11. The maximum atomic E-state index is 13.1. The molecular formula is C23H25N5O6S. The third kappa shape index (κ3) is 6.28. The zero-order valence-corrected chi connectivity index (χ0v) is 19.9. The fraction of sp³-hybridized carbons (Fsp3) is 0.348. The van der Waals surface area contributed by atoms with Crippen molar-refractivity contribution in [2.24, 2.45) is 0 Å². The number of carbonyl (C=O) groups excluding carboxylic acids is 2. The van der Waals surface area contributed by atoms with E-state index in [4.69, 9.17) is 4.52 Å². The quantitative estimate of drug-likeness (QED) is 0.459. The molecule has 3 heterocycles. The molecule has 1 N–H and O–H groups in total. The Morgan fingerprint density at radius 2 is 2.00 bits per heavy atom. The zero-order valence-electron chi connectivity index (χ0n) is 19.1. The molecule has 3 aromatic rings. The van der Waals surface area contributed by atoms with E-state index in [1.165, 1.54) is 24.3 Å². The molecule has 184 valence electrons. The summed E-state index contributed by atoms with van der Waals surface area (Å²) in [6, 6.07) is 11.0. The van der Waals surface area contributed by atoms with Gasteiger partial charge in [-0.1, -0.05) is 35.5 Å². The molecule has 0 radical (unpaired) electrons. The van der Waals surface area contributed by atoms with Crippen molar-refractivity contribution < 1.29 is 27.3 Å². The number of hydrogen-bond donors (Lipinski definition) is 1. The second kappa shape index (κ2) is 10.7. The monoisotopic (exact) mass is 499 g/mol. The highest BCUT2D eigenvalue weighted by molar-refractivity contribution is 7.88. The molecule has 11 nitrogen and oxygen atoms in total. The first kappa shape index (κ1) is 24.5. The molecule has 4 rings (SSSR count). The molecule has 0 saturated carbocycles. The number of esters is 1. The number of nitrogens with one attached hydrogen (secondary N) is 1. The molecule has 1 aliphatic heterocycles. The average molecular weight is 500 g/mol. The van der Waals surface area contributed by atoms with Crippen molar-refractivity contribution in [1.29, 1.82) is 0 Å². The third-order valence-electron chi connectivity index (χ3n) is 5.51. The first-order chi connectivity index (χ1) is 16.8. The van der Waals surface area contributed by atoms with Crippen LogP contribution in [0.15, 0.2) is 53.2 Å². The van der Waals surface area contributed by atoms with Gasteiger partial charge < -0.3 is 14.2 Å². The minimum atomic E-state index is -3.71. The number of ether oxygens (including phenoxy) is 1. The van der Waals surface area contributed by atoms with Gasteiger partial charge in [0.25, 0.3) is 0 Å². The average Bonchev–Trinajstić information content (AvgIpc) is 3.26. The second-order valence-corrected chi connectivity index (χ2v) is 9.86. The van der Waals surface area contributed by atoms with Crippen LogP contribution >= 0.6 is 0 Å². The standard InChI is InChI=1S/C23H25N5O6S/c1-33-23(30)17-10-11-18(24-13-17)21-25-20(34-26-21)14-28-12-6-5-9-19(22(28)29)27-35(31,32)15-16-7-3-2-4-8-16/h2-4,7-8,10-11,13,19,27H,5-6,9,12,14-15H2,1H3/t19-/m0/s1. The number of pyridine rings is 1. The SMILES string of the molecule is COC(=O)c1ccc(-c2noc(CN3CCCC[C@H](NS(=O)(=O)Cc4ccccc4)C3=O)n2)nc1. The largest absolute Gasteiger partial charge is 0.465 e. The van der Waals surface area contributed by atoms with Gasteiger partial charge in [-0.15, -0.1) is 0 Å². The summed E-state index contributed by atoms with van der Waals surface area (Å²) >= 11 is 0. The molecular weight excluding hydrogens is 474 g/mol. The summed E-state index contributed by atoms with van der Waals surface area (Å²) in [6.07, 6.45) is 3.18. The molecule has 1 saturated heterocycles. The first-order valence-electron chi connectivity index (χ1n) is 11.0. The molecule has 1 aliphatic rings. The fourth-order valence-corrected chi connectivity index (χ4v) is 5.14. The lowest BCUT2D eigenvalue weighted by molar-refractivity contribution is -0.133. The van der Waals surface area contributed by atoms with Gasteiger partial charge in [-0.25, -0.2) is 17.9 Å².